The van der Waals surface area contributed by atoms with E-state index in [0.717, 1.165) is 56.7 Å². The van der Waals surface area contributed by atoms with Crippen LogP contribution in [0, 0.1) is 0 Å². The Morgan fingerprint density at radius 3 is 2.19 bits per heavy atom. The molecule has 2 saturated heterocycles. The summed E-state index contributed by atoms with van der Waals surface area (Å²) in [5, 5.41) is 11.2. The molecule has 1 aromatic carbocycles. The minimum absolute atomic E-state index is 0.0856. The Hall–Kier alpha value is -7.15. The first-order valence-corrected chi connectivity index (χ1v) is 22.9. The summed E-state index contributed by atoms with van der Waals surface area (Å²) in [4.78, 5) is 76.8. The van der Waals surface area contributed by atoms with Crippen molar-refractivity contribution in [2.24, 2.45) is 5.73 Å². The number of rotatable bonds is 22. The second-order valence-electron chi connectivity index (χ2n) is 16.4. The first-order chi connectivity index (χ1) is 33.2. The van der Waals surface area contributed by atoms with Gasteiger partial charge in [0.15, 0.2) is 11.2 Å². The van der Waals surface area contributed by atoms with E-state index in [4.69, 9.17) is 36.2 Å². The van der Waals surface area contributed by atoms with Gasteiger partial charge in [-0.3, -0.25) is 19.3 Å². The first kappa shape index (κ1) is 47.3. The second kappa shape index (κ2) is 23.0. The van der Waals surface area contributed by atoms with Crippen molar-refractivity contribution in [1.82, 2.24) is 65.1 Å². The third-order valence-electron chi connectivity index (χ3n) is 11.8. The summed E-state index contributed by atoms with van der Waals surface area (Å²) in [7, 11) is 0. The molecule has 6 aromatic rings. The van der Waals surface area contributed by atoms with E-state index in [-0.39, 0.29) is 49.9 Å². The number of piperazine rings is 2. The Morgan fingerprint density at radius 2 is 1.44 bits per heavy atom. The van der Waals surface area contributed by atoms with Gasteiger partial charge in [-0.2, -0.15) is 10.1 Å². The number of hydrogen-bond donors (Lipinski definition) is 5. The number of nitrogens with zero attached hydrogens (tertiary/aromatic N) is 13. The molecule has 0 spiro atoms. The zero-order valence-electron chi connectivity index (χ0n) is 38.0. The summed E-state index contributed by atoms with van der Waals surface area (Å²) in [5.74, 6) is 1.22. The van der Waals surface area contributed by atoms with Crippen LogP contribution in [0.4, 0.5) is 23.7 Å². The van der Waals surface area contributed by atoms with E-state index in [0.29, 0.717) is 117 Å². The Bertz CT molecular complexity index is 2610. The zero-order valence-corrected chi connectivity index (χ0v) is 38.0. The van der Waals surface area contributed by atoms with Gasteiger partial charge in [-0.15, -0.1) is 0 Å². The summed E-state index contributed by atoms with van der Waals surface area (Å²) in [6.45, 7) is 9.65. The van der Waals surface area contributed by atoms with Crippen LogP contribution < -0.4 is 37.6 Å². The Morgan fingerprint density at radius 1 is 0.735 bits per heavy atom. The van der Waals surface area contributed by atoms with Crippen molar-refractivity contribution < 1.29 is 28.3 Å². The van der Waals surface area contributed by atoms with Crippen molar-refractivity contribution in [3.63, 3.8) is 0 Å². The van der Waals surface area contributed by atoms with E-state index in [1.165, 1.54) is 18.7 Å². The van der Waals surface area contributed by atoms with Gasteiger partial charge in [0.1, 0.15) is 23.4 Å². The maximum atomic E-state index is 12.8. The number of nitrogens with two attached hydrogens (primary N) is 3. The van der Waals surface area contributed by atoms with Crippen molar-refractivity contribution in [3.05, 3.63) is 60.4 Å². The minimum atomic E-state index is -0.305. The molecule has 0 aliphatic carbocycles. The maximum Gasteiger partial charge on any atom is 0.292 e. The predicted molar refractivity (Wildman–Crippen MR) is 252 cm³/mol. The number of carbonyl (C=O) groups is 3. The fraction of sp³-hybridized carbons (Fsp3) is 0.477. The number of ether oxygens (including phenoxy) is 2. The van der Waals surface area contributed by atoms with Crippen LogP contribution in [-0.4, -0.2) is 171 Å². The van der Waals surface area contributed by atoms with E-state index in [2.05, 4.69) is 60.2 Å². The maximum absolute atomic E-state index is 12.8. The topological polar surface area (TPSA) is 306 Å². The third kappa shape index (κ3) is 12.2. The molecule has 0 radical (unpaired) electrons. The molecule has 24 heteroatoms. The molecule has 8 rings (SSSR count). The zero-order chi connectivity index (χ0) is 47.2. The summed E-state index contributed by atoms with van der Waals surface area (Å²) in [5.41, 5.74) is 22.1. The summed E-state index contributed by atoms with van der Waals surface area (Å²) in [6, 6.07) is 5.57. The number of oxazole rings is 1. The number of aromatic nitrogens is 9. The number of hydrogen-bond acceptors (Lipinski definition) is 20. The van der Waals surface area contributed by atoms with Crippen LogP contribution in [0.25, 0.3) is 33.4 Å². The van der Waals surface area contributed by atoms with Gasteiger partial charge in [0.25, 0.3) is 11.9 Å². The molecule has 360 valence electrons. The van der Waals surface area contributed by atoms with Crippen molar-refractivity contribution >= 4 is 63.6 Å². The molecule has 0 unspecified atom stereocenters. The highest BCUT2D eigenvalue weighted by Gasteiger charge is 2.24. The molecular weight excluding hydrogens is 877 g/mol. The van der Waals surface area contributed by atoms with E-state index in [1.54, 1.807) is 23.1 Å². The highest BCUT2D eigenvalue weighted by Crippen LogP contribution is 2.32. The van der Waals surface area contributed by atoms with Crippen molar-refractivity contribution in [3.8, 4) is 11.3 Å². The lowest BCUT2D eigenvalue weighted by Gasteiger charge is -2.35. The smallest absolute Gasteiger partial charge is 0.292 e. The number of benzene rings is 1. The standard InChI is InChI=1S/C44H58N18O6/c45-24-30-25-50-43(51-26-30)61-16-14-59(15-17-61)36(64)6-20-67-22-18-58-10-12-60(13-11-58)44-52-27-32(28-53-44)41(65)49-8-21-66-19-5-35(63)48-7-1-2-9-62-40-37(39(46)54-29-55-40)38(57-62)31-3-4-34-33(23-31)56-42(47)68-34/h3-4,23,25-29H,1-2,5-22,24,45H2,(H2,47,56)(H,48,63)(H,49,65)(H2,46,54,55). The third-order valence-corrected chi connectivity index (χ3v) is 11.8. The van der Waals surface area contributed by atoms with E-state index >= 15 is 0 Å². The van der Waals surface area contributed by atoms with Crippen LogP contribution in [-0.2, 0) is 32.2 Å². The first-order valence-electron chi connectivity index (χ1n) is 22.9. The molecule has 8 N–H and O–H groups in total. The number of nitrogen functional groups attached to an aromatic ring is 2. The minimum Gasteiger partial charge on any atom is -0.424 e. The van der Waals surface area contributed by atoms with Crippen LogP contribution in [0.5, 0.6) is 0 Å². The fourth-order valence-electron chi connectivity index (χ4n) is 7.95. The van der Waals surface area contributed by atoms with Gasteiger partial charge < -0.3 is 56.4 Å². The number of fused-ring (bicyclic) bond motifs is 2. The van der Waals surface area contributed by atoms with Gasteiger partial charge in [-0.1, -0.05) is 0 Å². The van der Waals surface area contributed by atoms with Gasteiger partial charge in [0.05, 0.1) is 43.8 Å². The number of aryl methyl sites for hydroxylation is 1. The molecule has 68 heavy (non-hydrogen) atoms. The normalized spacial score (nSPS) is 14.5. The number of unbranched alkanes of at least 4 members (excludes halogenated alkanes) is 1. The van der Waals surface area contributed by atoms with Crippen LogP contribution >= 0.6 is 0 Å². The van der Waals surface area contributed by atoms with Gasteiger partial charge in [-0.25, -0.2) is 34.6 Å². The molecule has 0 saturated carbocycles. The molecule has 2 fully saturated rings. The number of anilines is 4. The van der Waals surface area contributed by atoms with Crippen LogP contribution in [0.1, 0.15) is 41.6 Å². The molecule has 5 aromatic heterocycles. The summed E-state index contributed by atoms with van der Waals surface area (Å²) < 4.78 is 18.6. The van der Waals surface area contributed by atoms with Crippen LogP contribution in [0.3, 0.4) is 0 Å². The SMILES string of the molecule is NCc1cnc(N2CCN(C(=O)CCOCCN3CCN(c4ncc(C(=O)NCCOCCC(=O)NCCCCn5nc(-c6ccc7oc(N)nc7c6)c6c(N)ncnc65)cn4)CC3)CC2)nc1. The average Bonchev–Trinajstić information content (AvgIpc) is 3.94. The molecule has 0 bridgehead atoms. The summed E-state index contributed by atoms with van der Waals surface area (Å²) >= 11 is 0. The molecule has 24 nitrogen and oxygen atoms in total. The number of amides is 3. The lowest BCUT2D eigenvalue weighted by molar-refractivity contribution is -0.132. The molecular formula is C44H58N18O6. The molecule has 0 atom stereocenters. The highest BCUT2D eigenvalue weighted by molar-refractivity contribution is 5.99. The number of carbonyl (C=O) groups excluding carboxylic acids is 3. The van der Waals surface area contributed by atoms with Gasteiger partial charge >= 0.3 is 0 Å². The quantitative estimate of drug-likeness (QED) is 0.0577. The van der Waals surface area contributed by atoms with Gasteiger partial charge in [-0.05, 0) is 31.0 Å². The Balaban J connectivity index is 0.638. The van der Waals surface area contributed by atoms with Crippen LogP contribution in [0.2, 0.25) is 0 Å². The van der Waals surface area contributed by atoms with Gasteiger partial charge in [0, 0.05) is 127 Å². The molecule has 2 aliphatic heterocycles. The summed E-state index contributed by atoms with van der Waals surface area (Å²) in [6.07, 6.45) is 9.94. The van der Waals surface area contributed by atoms with Crippen molar-refractivity contribution in [2.45, 2.75) is 38.8 Å². The van der Waals surface area contributed by atoms with Crippen molar-refractivity contribution in [2.75, 3.05) is 120 Å². The van der Waals surface area contributed by atoms with E-state index in [9.17, 15) is 14.4 Å². The van der Waals surface area contributed by atoms with Crippen molar-refractivity contribution in [1.29, 1.82) is 0 Å². The lowest BCUT2D eigenvalue weighted by atomic mass is 10.1. The Kier molecular flexibility index (Phi) is 16.0. The fourth-order valence-corrected chi connectivity index (χ4v) is 7.95. The largest absolute Gasteiger partial charge is 0.424 e. The molecule has 2 aliphatic rings. The number of nitrogens with one attached hydrogen (secondary N) is 2. The van der Waals surface area contributed by atoms with Gasteiger partial charge in [0.2, 0.25) is 23.7 Å². The second-order valence-corrected chi connectivity index (χ2v) is 16.4. The molecule has 3 amide bonds. The monoisotopic (exact) mass is 934 g/mol. The lowest BCUT2D eigenvalue weighted by Crippen LogP contribution is -2.49. The predicted octanol–water partition coefficient (Wildman–Crippen LogP) is 0.448. The van der Waals surface area contributed by atoms with E-state index < -0.39 is 0 Å². The average molecular weight is 935 g/mol. The van der Waals surface area contributed by atoms with Crippen LogP contribution in [0.15, 0.2) is 53.7 Å². The molecule has 7 heterocycles. The highest BCUT2D eigenvalue weighted by atomic mass is 16.5. The Labute approximate surface area is 392 Å². The van der Waals surface area contributed by atoms with E-state index in [1.807, 2.05) is 17.0 Å².